The first-order valence-corrected chi connectivity index (χ1v) is 15.7. The molecule has 7 nitrogen and oxygen atoms in total. The Morgan fingerprint density at radius 1 is 0.878 bits per heavy atom. The summed E-state index contributed by atoms with van der Waals surface area (Å²) < 4.78 is 29.2. The molecule has 0 saturated heterocycles. The van der Waals surface area contributed by atoms with E-state index in [0.717, 1.165) is 27.4 Å². The summed E-state index contributed by atoms with van der Waals surface area (Å²) in [6.45, 7) is 11.0. The Kier molecular flexibility index (Phi) is 11.0. The van der Waals surface area contributed by atoms with Gasteiger partial charge in [-0.2, -0.15) is 0 Å². The van der Waals surface area contributed by atoms with Crippen LogP contribution in [0.15, 0.2) is 71.6 Å². The third-order valence-corrected chi connectivity index (χ3v) is 9.18. The molecule has 3 rings (SSSR count). The van der Waals surface area contributed by atoms with E-state index in [4.69, 9.17) is 11.6 Å². The van der Waals surface area contributed by atoms with Crippen molar-refractivity contribution in [3.8, 4) is 0 Å². The number of hydrogen-bond acceptors (Lipinski definition) is 4. The van der Waals surface area contributed by atoms with Crippen molar-refractivity contribution in [3.05, 3.63) is 94.0 Å². The maximum absolute atomic E-state index is 14.2. The summed E-state index contributed by atoms with van der Waals surface area (Å²) in [4.78, 5) is 29.1. The highest BCUT2D eigenvalue weighted by Gasteiger charge is 2.34. The van der Waals surface area contributed by atoms with E-state index in [-0.39, 0.29) is 23.4 Å². The van der Waals surface area contributed by atoms with E-state index < -0.39 is 28.5 Å². The number of hydrogen-bond donors (Lipinski definition) is 1. The van der Waals surface area contributed by atoms with Crippen molar-refractivity contribution in [2.24, 2.45) is 0 Å². The lowest BCUT2D eigenvalue weighted by Crippen LogP contribution is -2.53. The van der Waals surface area contributed by atoms with Gasteiger partial charge in [0.05, 0.1) is 10.6 Å². The number of benzene rings is 3. The van der Waals surface area contributed by atoms with Crippen LogP contribution < -0.4 is 9.62 Å². The fourth-order valence-corrected chi connectivity index (χ4v) is 6.21. The molecule has 0 aliphatic rings. The number of anilines is 1. The van der Waals surface area contributed by atoms with Crippen molar-refractivity contribution in [2.75, 3.05) is 10.8 Å². The third-order valence-electron chi connectivity index (χ3n) is 7.18. The van der Waals surface area contributed by atoms with Gasteiger partial charge in [0.15, 0.2) is 0 Å². The summed E-state index contributed by atoms with van der Waals surface area (Å²) in [5.74, 6) is -0.750. The number of nitrogens with one attached hydrogen (secondary N) is 1. The van der Waals surface area contributed by atoms with Gasteiger partial charge in [0.25, 0.3) is 10.0 Å². The minimum Gasteiger partial charge on any atom is -0.352 e. The van der Waals surface area contributed by atoms with Gasteiger partial charge in [-0.15, -0.1) is 0 Å². The number of nitrogens with zero attached hydrogens (tertiary/aromatic N) is 2. The number of sulfonamides is 1. The van der Waals surface area contributed by atoms with Crippen molar-refractivity contribution in [3.63, 3.8) is 0 Å². The smallest absolute Gasteiger partial charge is 0.264 e. The normalized spacial score (nSPS) is 12.9. The quantitative estimate of drug-likeness (QED) is 0.270. The summed E-state index contributed by atoms with van der Waals surface area (Å²) in [5, 5.41) is 3.45. The number of carbonyl (C=O) groups excluding carboxylic acids is 2. The number of aryl methyl sites for hydroxylation is 3. The minimum atomic E-state index is -4.15. The lowest BCUT2D eigenvalue weighted by molar-refractivity contribution is -0.140. The number of carbonyl (C=O) groups is 2. The molecule has 2 unspecified atom stereocenters. The molecule has 3 aromatic rings. The van der Waals surface area contributed by atoms with Gasteiger partial charge in [0.2, 0.25) is 11.8 Å². The molecule has 3 aromatic carbocycles. The standard InChI is InChI=1S/C32H40ClN3O4S/c1-7-25(6)34-32(38)29(8-2)35(20-26-13-9-22(3)10-14-26)31(37)21-36(30-18-15-27(33)19-24(30)5)41(39,40)28-16-11-23(4)12-17-28/h9-19,25,29H,7-8,20-21H2,1-6H3,(H,34,38). The molecule has 0 spiro atoms. The van der Waals surface area contributed by atoms with Crippen LogP contribution >= 0.6 is 11.6 Å². The zero-order valence-corrected chi connectivity index (χ0v) is 26.2. The summed E-state index contributed by atoms with van der Waals surface area (Å²) in [6, 6.07) is 18.3. The van der Waals surface area contributed by atoms with E-state index in [0.29, 0.717) is 22.7 Å². The summed E-state index contributed by atoms with van der Waals surface area (Å²) in [7, 11) is -4.15. The molecule has 41 heavy (non-hydrogen) atoms. The lowest BCUT2D eigenvalue weighted by atomic mass is 10.1. The topological polar surface area (TPSA) is 86.8 Å². The van der Waals surface area contributed by atoms with E-state index in [9.17, 15) is 18.0 Å². The summed E-state index contributed by atoms with van der Waals surface area (Å²) in [5.41, 5.74) is 3.77. The molecule has 0 aromatic heterocycles. The van der Waals surface area contributed by atoms with Crippen molar-refractivity contribution in [2.45, 2.75) is 77.9 Å². The number of halogens is 1. The molecule has 2 atom stereocenters. The van der Waals surface area contributed by atoms with Crippen LogP contribution in [0.25, 0.3) is 0 Å². The molecule has 0 aliphatic carbocycles. The molecule has 1 N–H and O–H groups in total. The Balaban J connectivity index is 2.09. The van der Waals surface area contributed by atoms with Gasteiger partial charge in [-0.3, -0.25) is 13.9 Å². The third kappa shape index (κ3) is 8.11. The zero-order valence-electron chi connectivity index (χ0n) is 24.6. The average Bonchev–Trinajstić information content (AvgIpc) is 2.93. The van der Waals surface area contributed by atoms with Crippen LogP contribution in [0.5, 0.6) is 0 Å². The second-order valence-electron chi connectivity index (χ2n) is 10.5. The molecule has 0 saturated carbocycles. The van der Waals surface area contributed by atoms with Crippen molar-refractivity contribution >= 4 is 39.1 Å². The second kappa shape index (κ2) is 14.0. The van der Waals surface area contributed by atoms with E-state index in [2.05, 4.69) is 5.32 Å². The predicted octanol–water partition coefficient (Wildman–Crippen LogP) is 6.18. The van der Waals surface area contributed by atoms with Crippen LogP contribution in [0.2, 0.25) is 5.02 Å². The number of rotatable bonds is 12. The molecule has 2 amide bonds. The van der Waals surface area contributed by atoms with E-state index in [1.165, 1.54) is 17.0 Å². The lowest BCUT2D eigenvalue weighted by Gasteiger charge is -2.34. The predicted molar refractivity (Wildman–Crippen MR) is 166 cm³/mol. The molecule has 220 valence electrons. The summed E-state index contributed by atoms with van der Waals surface area (Å²) >= 11 is 6.19. The fraction of sp³-hybridized carbons (Fsp3) is 0.375. The average molecular weight is 598 g/mol. The Morgan fingerprint density at radius 2 is 1.46 bits per heavy atom. The van der Waals surface area contributed by atoms with Gasteiger partial charge in [0, 0.05) is 17.6 Å². The van der Waals surface area contributed by atoms with Gasteiger partial charge in [-0.05, 0) is 82.0 Å². The largest absolute Gasteiger partial charge is 0.352 e. The Morgan fingerprint density at radius 3 is 2.00 bits per heavy atom. The maximum Gasteiger partial charge on any atom is 0.264 e. The van der Waals surface area contributed by atoms with Crippen molar-refractivity contribution in [1.82, 2.24) is 10.2 Å². The van der Waals surface area contributed by atoms with E-state index in [1.54, 1.807) is 37.3 Å². The molecule has 0 bridgehead atoms. The Hall–Kier alpha value is -3.36. The van der Waals surface area contributed by atoms with Crippen molar-refractivity contribution < 1.29 is 18.0 Å². The monoisotopic (exact) mass is 597 g/mol. The van der Waals surface area contributed by atoms with Crippen molar-refractivity contribution in [1.29, 1.82) is 0 Å². The Bertz CT molecular complexity index is 1460. The molecule has 0 radical (unpaired) electrons. The first-order chi connectivity index (χ1) is 19.4. The first-order valence-electron chi connectivity index (χ1n) is 13.9. The molecular formula is C32H40ClN3O4S. The highest BCUT2D eigenvalue weighted by atomic mass is 35.5. The second-order valence-corrected chi connectivity index (χ2v) is 12.8. The van der Waals surface area contributed by atoms with Crippen LogP contribution in [0, 0.1) is 20.8 Å². The van der Waals surface area contributed by atoms with Gasteiger partial charge < -0.3 is 10.2 Å². The molecular weight excluding hydrogens is 558 g/mol. The van der Waals surface area contributed by atoms with Crippen LogP contribution in [-0.4, -0.2) is 43.8 Å². The van der Waals surface area contributed by atoms with Crippen LogP contribution in [-0.2, 0) is 26.2 Å². The zero-order chi connectivity index (χ0) is 30.3. The summed E-state index contributed by atoms with van der Waals surface area (Å²) in [6.07, 6.45) is 1.11. The molecule has 0 aliphatic heterocycles. The Labute approximate surface area is 249 Å². The van der Waals surface area contributed by atoms with Gasteiger partial charge >= 0.3 is 0 Å². The fourth-order valence-electron chi connectivity index (χ4n) is 4.50. The van der Waals surface area contributed by atoms with Gasteiger partial charge in [0.1, 0.15) is 12.6 Å². The number of amides is 2. The molecule has 0 fully saturated rings. The molecule has 9 heteroatoms. The maximum atomic E-state index is 14.2. The van der Waals surface area contributed by atoms with Gasteiger partial charge in [-0.1, -0.05) is 73.0 Å². The van der Waals surface area contributed by atoms with Crippen LogP contribution in [0.4, 0.5) is 5.69 Å². The van der Waals surface area contributed by atoms with Crippen LogP contribution in [0.1, 0.15) is 55.9 Å². The van der Waals surface area contributed by atoms with E-state index in [1.807, 2.05) is 58.9 Å². The minimum absolute atomic E-state index is 0.0666. The SMILES string of the molecule is CCC(C)NC(=O)C(CC)N(Cc1ccc(C)cc1)C(=O)CN(c1ccc(Cl)cc1C)S(=O)(=O)c1ccc(C)cc1. The first kappa shape index (κ1) is 32.2. The van der Waals surface area contributed by atoms with Gasteiger partial charge in [-0.25, -0.2) is 8.42 Å². The molecule has 0 heterocycles. The van der Waals surface area contributed by atoms with E-state index >= 15 is 0 Å². The van der Waals surface area contributed by atoms with Crippen LogP contribution in [0.3, 0.4) is 0 Å². The highest BCUT2D eigenvalue weighted by Crippen LogP contribution is 2.29. The highest BCUT2D eigenvalue weighted by molar-refractivity contribution is 7.92.